The van der Waals surface area contributed by atoms with Crippen LogP contribution in [0.1, 0.15) is 23.3 Å². The first-order valence-electron chi connectivity index (χ1n) is 8.88. The summed E-state index contributed by atoms with van der Waals surface area (Å²) in [6.07, 6.45) is 10.3. The van der Waals surface area contributed by atoms with Crippen LogP contribution >= 0.6 is 11.3 Å². The van der Waals surface area contributed by atoms with Crippen LogP contribution in [-0.4, -0.2) is 33.7 Å². The van der Waals surface area contributed by atoms with Gasteiger partial charge in [-0.3, -0.25) is 0 Å². The number of rotatable bonds is 3. The van der Waals surface area contributed by atoms with Crippen molar-refractivity contribution in [3.05, 3.63) is 41.3 Å². The Kier molecular flexibility index (Phi) is 3.56. The maximum atomic E-state index is 4.59. The zero-order chi connectivity index (χ0) is 17.7. The third-order valence-electron chi connectivity index (χ3n) is 5.00. The van der Waals surface area contributed by atoms with Crippen molar-refractivity contribution in [2.45, 2.75) is 25.7 Å². The lowest BCUT2D eigenvalue weighted by atomic mass is 9.97. The van der Waals surface area contributed by atoms with Gasteiger partial charge in [0.15, 0.2) is 0 Å². The SMILES string of the molecule is CN(C)c1cn2nccc2cc1Nc1ncnc2sc3c(c12)CCCC3. The van der Waals surface area contributed by atoms with E-state index in [9.17, 15) is 0 Å². The van der Waals surface area contributed by atoms with Crippen LogP contribution in [0.5, 0.6) is 0 Å². The number of hydrogen-bond donors (Lipinski definition) is 1. The monoisotopic (exact) mass is 364 g/mol. The molecule has 5 rings (SSSR count). The van der Waals surface area contributed by atoms with Crippen LogP contribution in [0.3, 0.4) is 0 Å². The maximum Gasteiger partial charge on any atom is 0.142 e. The quantitative estimate of drug-likeness (QED) is 0.595. The number of hydrogen-bond acceptors (Lipinski definition) is 6. The summed E-state index contributed by atoms with van der Waals surface area (Å²) in [4.78, 5) is 13.8. The molecule has 0 amide bonds. The first-order valence-corrected chi connectivity index (χ1v) is 9.69. The number of aromatic nitrogens is 4. The lowest BCUT2D eigenvalue weighted by Gasteiger charge is -2.19. The molecule has 6 nitrogen and oxygen atoms in total. The molecular formula is C19H20N6S. The van der Waals surface area contributed by atoms with Gasteiger partial charge in [-0.05, 0) is 43.4 Å². The van der Waals surface area contributed by atoms with Crippen LogP contribution in [0.25, 0.3) is 15.7 Å². The first-order chi connectivity index (χ1) is 12.7. The van der Waals surface area contributed by atoms with Gasteiger partial charge in [-0.25, -0.2) is 14.5 Å². The fourth-order valence-electron chi connectivity index (χ4n) is 3.72. The van der Waals surface area contributed by atoms with E-state index < -0.39 is 0 Å². The van der Waals surface area contributed by atoms with Crippen molar-refractivity contribution in [1.82, 2.24) is 19.6 Å². The van der Waals surface area contributed by atoms with E-state index in [4.69, 9.17) is 0 Å². The largest absolute Gasteiger partial charge is 0.375 e. The Labute approximate surface area is 155 Å². The molecule has 26 heavy (non-hydrogen) atoms. The molecule has 0 saturated heterocycles. The Bertz CT molecular complexity index is 1110. The molecule has 4 aromatic heterocycles. The van der Waals surface area contributed by atoms with Crippen molar-refractivity contribution >= 4 is 44.3 Å². The number of anilines is 3. The first kappa shape index (κ1) is 15.6. The van der Waals surface area contributed by atoms with Gasteiger partial charge in [-0.2, -0.15) is 5.10 Å². The molecule has 1 aliphatic carbocycles. The molecule has 0 aromatic carbocycles. The molecule has 0 aliphatic heterocycles. The minimum Gasteiger partial charge on any atom is -0.375 e. The molecule has 0 fully saturated rings. The summed E-state index contributed by atoms with van der Waals surface area (Å²) in [7, 11) is 4.08. The second-order valence-electron chi connectivity index (χ2n) is 6.91. The van der Waals surface area contributed by atoms with Crippen LogP contribution in [0.4, 0.5) is 17.2 Å². The molecule has 0 atom stereocenters. The molecule has 132 valence electrons. The van der Waals surface area contributed by atoms with Crippen molar-refractivity contribution in [1.29, 1.82) is 0 Å². The van der Waals surface area contributed by atoms with E-state index in [2.05, 4.69) is 31.3 Å². The summed E-state index contributed by atoms with van der Waals surface area (Å²) in [6.45, 7) is 0. The molecule has 0 saturated carbocycles. The number of aryl methyl sites for hydroxylation is 2. The lowest BCUT2D eigenvalue weighted by molar-refractivity contribution is 0.700. The summed E-state index contributed by atoms with van der Waals surface area (Å²) in [5.41, 5.74) is 4.59. The molecule has 1 N–H and O–H groups in total. The molecule has 0 bridgehead atoms. The maximum absolute atomic E-state index is 4.59. The minimum atomic E-state index is 0.904. The molecule has 1 aliphatic rings. The van der Waals surface area contributed by atoms with E-state index in [1.54, 1.807) is 6.33 Å². The summed E-state index contributed by atoms with van der Waals surface area (Å²) in [6, 6.07) is 4.13. The fraction of sp³-hybridized carbons (Fsp3) is 0.316. The van der Waals surface area contributed by atoms with Gasteiger partial charge in [0.2, 0.25) is 0 Å². The van der Waals surface area contributed by atoms with Gasteiger partial charge in [-0.1, -0.05) is 0 Å². The van der Waals surface area contributed by atoms with Crippen molar-refractivity contribution in [3.63, 3.8) is 0 Å². The van der Waals surface area contributed by atoms with Crippen LogP contribution in [0.2, 0.25) is 0 Å². The van der Waals surface area contributed by atoms with Crippen molar-refractivity contribution < 1.29 is 0 Å². The third kappa shape index (κ3) is 2.42. The normalized spacial score (nSPS) is 13.9. The topological polar surface area (TPSA) is 58.4 Å². The van der Waals surface area contributed by atoms with Gasteiger partial charge < -0.3 is 10.2 Å². The molecule has 0 unspecified atom stereocenters. The predicted molar refractivity (Wildman–Crippen MR) is 107 cm³/mol. The standard InChI is InChI=1S/C19H20N6S/c1-24(2)15-10-25-12(7-8-22-25)9-14(15)23-18-17-13-5-3-4-6-16(13)26-19(17)21-11-20-18/h7-11H,3-6H2,1-2H3,(H,20,21,23). The highest BCUT2D eigenvalue weighted by molar-refractivity contribution is 7.19. The summed E-state index contributed by atoms with van der Waals surface area (Å²) in [5.74, 6) is 0.904. The summed E-state index contributed by atoms with van der Waals surface area (Å²) < 4.78 is 1.89. The Hall–Kier alpha value is -2.67. The molecular weight excluding hydrogens is 344 g/mol. The Morgan fingerprint density at radius 2 is 2.08 bits per heavy atom. The highest BCUT2D eigenvalue weighted by Gasteiger charge is 2.20. The van der Waals surface area contributed by atoms with E-state index in [1.807, 2.05) is 48.4 Å². The van der Waals surface area contributed by atoms with Crippen molar-refractivity contribution in [3.8, 4) is 0 Å². The van der Waals surface area contributed by atoms with Gasteiger partial charge in [0.25, 0.3) is 0 Å². The van der Waals surface area contributed by atoms with Gasteiger partial charge in [0.05, 0.1) is 28.5 Å². The molecule has 0 radical (unpaired) electrons. The van der Waals surface area contributed by atoms with Gasteiger partial charge >= 0.3 is 0 Å². The highest BCUT2D eigenvalue weighted by Crippen LogP contribution is 2.39. The summed E-state index contributed by atoms with van der Waals surface area (Å²) >= 11 is 1.82. The third-order valence-corrected chi connectivity index (χ3v) is 6.20. The highest BCUT2D eigenvalue weighted by atomic mass is 32.1. The lowest BCUT2D eigenvalue weighted by Crippen LogP contribution is -2.12. The fourth-order valence-corrected chi connectivity index (χ4v) is 4.95. The average molecular weight is 364 g/mol. The number of nitrogens with one attached hydrogen (secondary N) is 1. The second-order valence-corrected chi connectivity index (χ2v) is 7.99. The molecule has 4 aromatic rings. The predicted octanol–water partition coefficient (Wildman–Crippen LogP) is 4.03. The number of pyridine rings is 1. The number of fused-ring (bicyclic) bond motifs is 4. The van der Waals surface area contributed by atoms with Crippen molar-refractivity contribution in [2.75, 3.05) is 24.3 Å². The van der Waals surface area contributed by atoms with E-state index >= 15 is 0 Å². The Morgan fingerprint density at radius 1 is 1.19 bits per heavy atom. The van der Waals surface area contributed by atoms with Crippen molar-refractivity contribution in [2.24, 2.45) is 0 Å². The van der Waals surface area contributed by atoms with E-state index in [-0.39, 0.29) is 0 Å². The zero-order valence-corrected chi connectivity index (χ0v) is 15.7. The molecule has 7 heteroatoms. The van der Waals surface area contributed by atoms with E-state index in [1.165, 1.54) is 35.1 Å². The van der Waals surface area contributed by atoms with Crippen LogP contribution in [0.15, 0.2) is 30.9 Å². The van der Waals surface area contributed by atoms with Gasteiger partial charge in [-0.15, -0.1) is 11.3 Å². The molecule has 0 spiro atoms. The Morgan fingerprint density at radius 3 is 2.96 bits per heavy atom. The zero-order valence-electron chi connectivity index (χ0n) is 14.9. The second kappa shape index (κ2) is 5.95. The van der Waals surface area contributed by atoms with Gasteiger partial charge in [0, 0.05) is 25.2 Å². The number of thiophene rings is 1. The molecule has 4 heterocycles. The van der Waals surface area contributed by atoms with Crippen LogP contribution < -0.4 is 10.2 Å². The van der Waals surface area contributed by atoms with Crippen LogP contribution in [-0.2, 0) is 12.8 Å². The smallest absolute Gasteiger partial charge is 0.142 e. The van der Waals surface area contributed by atoms with E-state index in [0.717, 1.165) is 34.0 Å². The van der Waals surface area contributed by atoms with Gasteiger partial charge in [0.1, 0.15) is 17.0 Å². The van der Waals surface area contributed by atoms with Crippen LogP contribution in [0, 0.1) is 0 Å². The average Bonchev–Trinajstić information content (AvgIpc) is 3.24. The summed E-state index contributed by atoms with van der Waals surface area (Å²) in [5, 5.41) is 9.13. The number of nitrogens with zero attached hydrogens (tertiary/aromatic N) is 5. The van der Waals surface area contributed by atoms with E-state index in [0.29, 0.717) is 0 Å². The Balaban J connectivity index is 1.67. The minimum absolute atomic E-state index is 0.904.